The summed E-state index contributed by atoms with van der Waals surface area (Å²) in [6.07, 6.45) is 0. The molecule has 0 fully saturated rings. The molecule has 6 nitrogen and oxygen atoms in total. The standard InChI is InChI=1S/C12H15NO5S2/c1-7(11(15)16)5-19-6-9(14)13-8-3-4-20-10(8)12(17)18-2/h3-4,7H,5-6H2,1-2H3,(H,13,14)(H,15,16). The molecule has 1 amide bonds. The molecule has 0 aliphatic carbocycles. The number of carboxylic acids is 1. The van der Waals surface area contributed by atoms with Crippen LogP contribution in [0.15, 0.2) is 11.4 Å². The third-order valence-electron chi connectivity index (χ3n) is 2.33. The molecule has 0 saturated carbocycles. The molecular formula is C12H15NO5S2. The zero-order valence-electron chi connectivity index (χ0n) is 11.0. The van der Waals surface area contributed by atoms with Crippen molar-refractivity contribution in [2.45, 2.75) is 6.92 Å². The van der Waals surface area contributed by atoms with Gasteiger partial charge in [0.1, 0.15) is 4.88 Å². The average Bonchev–Trinajstić information content (AvgIpc) is 2.85. The van der Waals surface area contributed by atoms with Crippen LogP contribution < -0.4 is 5.32 Å². The molecule has 1 atom stereocenters. The number of nitrogens with one attached hydrogen (secondary N) is 1. The maximum Gasteiger partial charge on any atom is 0.350 e. The lowest BCUT2D eigenvalue weighted by Crippen LogP contribution is -2.18. The van der Waals surface area contributed by atoms with Crippen molar-refractivity contribution >= 4 is 46.6 Å². The SMILES string of the molecule is COC(=O)c1sccc1NC(=O)CSCC(C)C(=O)O. The van der Waals surface area contributed by atoms with Gasteiger partial charge in [0.15, 0.2) is 0 Å². The van der Waals surface area contributed by atoms with Crippen LogP contribution in [-0.2, 0) is 14.3 Å². The minimum atomic E-state index is -0.885. The molecule has 0 bridgehead atoms. The van der Waals surface area contributed by atoms with E-state index in [9.17, 15) is 14.4 Å². The summed E-state index contributed by atoms with van der Waals surface area (Å²) >= 11 is 2.42. The summed E-state index contributed by atoms with van der Waals surface area (Å²) in [4.78, 5) is 34.1. The van der Waals surface area contributed by atoms with Crippen molar-refractivity contribution in [1.29, 1.82) is 0 Å². The zero-order chi connectivity index (χ0) is 15.1. The highest BCUT2D eigenvalue weighted by Gasteiger charge is 2.16. The van der Waals surface area contributed by atoms with Crippen molar-refractivity contribution in [2.24, 2.45) is 5.92 Å². The van der Waals surface area contributed by atoms with Gasteiger partial charge in [-0.25, -0.2) is 4.79 Å². The van der Waals surface area contributed by atoms with E-state index in [4.69, 9.17) is 5.11 Å². The van der Waals surface area contributed by atoms with E-state index in [1.54, 1.807) is 18.4 Å². The van der Waals surface area contributed by atoms with Gasteiger partial charge in [-0.3, -0.25) is 9.59 Å². The number of aliphatic carboxylic acids is 1. The van der Waals surface area contributed by atoms with E-state index in [1.807, 2.05) is 0 Å². The van der Waals surface area contributed by atoms with Gasteiger partial charge >= 0.3 is 11.9 Å². The second kappa shape index (κ2) is 7.91. The number of thioether (sulfide) groups is 1. The molecule has 1 heterocycles. The molecule has 1 aromatic heterocycles. The Hall–Kier alpha value is -1.54. The van der Waals surface area contributed by atoms with Crippen LogP contribution >= 0.6 is 23.1 Å². The van der Waals surface area contributed by atoms with E-state index in [1.165, 1.54) is 30.2 Å². The van der Waals surface area contributed by atoms with Crippen LogP contribution in [0.1, 0.15) is 16.6 Å². The van der Waals surface area contributed by atoms with E-state index in [0.717, 1.165) is 0 Å². The maximum atomic E-state index is 11.7. The quantitative estimate of drug-likeness (QED) is 0.746. The Morgan fingerprint density at radius 2 is 2.20 bits per heavy atom. The Morgan fingerprint density at radius 3 is 2.80 bits per heavy atom. The molecule has 1 rings (SSSR count). The minimum Gasteiger partial charge on any atom is -0.481 e. The summed E-state index contributed by atoms with van der Waals surface area (Å²) in [5.41, 5.74) is 0.415. The number of carboxylic acid groups (broad SMARTS) is 1. The van der Waals surface area contributed by atoms with Crippen molar-refractivity contribution in [3.05, 3.63) is 16.3 Å². The number of carbonyl (C=O) groups is 3. The molecule has 0 aliphatic rings. The van der Waals surface area contributed by atoms with Gasteiger partial charge in [0, 0.05) is 5.75 Å². The minimum absolute atomic E-state index is 0.133. The summed E-state index contributed by atoms with van der Waals surface area (Å²) in [7, 11) is 1.27. The van der Waals surface area contributed by atoms with Crippen molar-refractivity contribution in [2.75, 3.05) is 23.9 Å². The third-order valence-corrected chi connectivity index (χ3v) is 4.43. The summed E-state index contributed by atoms with van der Waals surface area (Å²) in [5, 5.41) is 13.0. The fourth-order valence-corrected chi connectivity index (χ4v) is 2.88. The fraction of sp³-hybridized carbons (Fsp3) is 0.417. The Kier molecular flexibility index (Phi) is 6.53. The number of hydrogen-bond acceptors (Lipinski definition) is 6. The molecule has 2 N–H and O–H groups in total. The number of anilines is 1. The fourth-order valence-electron chi connectivity index (χ4n) is 1.24. The van der Waals surface area contributed by atoms with Gasteiger partial charge in [0.2, 0.25) is 5.91 Å². The first kappa shape index (κ1) is 16.5. The van der Waals surface area contributed by atoms with Crippen molar-refractivity contribution in [3.8, 4) is 0 Å². The van der Waals surface area contributed by atoms with Gasteiger partial charge in [-0.05, 0) is 11.4 Å². The Morgan fingerprint density at radius 1 is 1.50 bits per heavy atom. The molecule has 1 unspecified atom stereocenters. The average molecular weight is 317 g/mol. The number of hydrogen-bond donors (Lipinski definition) is 2. The van der Waals surface area contributed by atoms with Gasteiger partial charge in [-0.2, -0.15) is 11.8 Å². The van der Waals surface area contributed by atoms with Gasteiger partial charge in [-0.15, -0.1) is 11.3 Å². The molecule has 1 aromatic rings. The van der Waals surface area contributed by atoms with E-state index in [2.05, 4.69) is 10.1 Å². The first-order chi connectivity index (χ1) is 9.45. The predicted octanol–water partition coefficient (Wildman–Crippen LogP) is 1.93. The van der Waals surface area contributed by atoms with Crippen molar-refractivity contribution in [3.63, 3.8) is 0 Å². The lowest BCUT2D eigenvalue weighted by atomic mass is 10.2. The number of rotatable bonds is 7. The van der Waals surface area contributed by atoms with Crippen LogP contribution in [0.3, 0.4) is 0 Å². The van der Waals surface area contributed by atoms with Crippen LogP contribution in [-0.4, -0.2) is 41.6 Å². The number of thiophene rings is 1. The van der Waals surface area contributed by atoms with Crippen molar-refractivity contribution < 1.29 is 24.2 Å². The molecule has 8 heteroatoms. The van der Waals surface area contributed by atoms with Crippen LogP contribution in [0, 0.1) is 5.92 Å². The summed E-state index contributed by atoms with van der Waals surface area (Å²) in [6.45, 7) is 1.58. The highest BCUT2D eigenvalue weighted by molar-refractivity contribution is 8.00. The lowest BCUT2D eigenvalue weighted by molar-refractivity contribution is -0.140. The van der Waals surface area contributed by atoms with E-state index >= 15 is 0 Å². The van der Waals surface area contributed by atoms with Crippen LogP contribution in [0.5, 0.6) is 0 Å². The van der Waals surface area contributed by atoms with E-state index in [-0.39, 0.29) is 11.7 Å². The normalized spacial score (nSPS) is 11.7. The molecule has 110 valence electrons. The molecule has 0 radical (unpaired) electrons. The number of methoxy groups -OCH3 is 1. The Bertz CT molecular complexity index is 500. The number of carbonyl (C=O) groups excluding carboxylic acids is 2. The monoisotopic (exact) mass is 317 g/mol. The molecule has 20 heavy (non-hydrogen) atoms. The van der Waals surface area contributed by atoms with Crippen LogP contribution in [0.25, 0.3) is 0 Å². The highest BCUT2D eigenvalue weighted by atomic mass is 32.2. The van der Waals surface area contributed by atoms with E-state index in [0.29, 0.717) is 16.3 Å². The molecule has 0 saturated heterocycles. The van der Waals surface area contributed by atoms with Crippen LogP contribution in [0.4, 0.5) is 5.69 Å². The smallest absolute Gasteiger partial charge is 0.350 e. The molecule has 0 spiro atoms. The molecule has 0 aliphatic heterocycles. The summed E-state index contributed by atoms with van der Waals surface area (Å²) in [5.74, 6) is -1.67. The first-order valence-electron chi connectivity index (χ1n) is 5.72. The Labute approximate surface area is 124 Å². The highest BCUT2D eigenvalue weighted by Crippen LogP contribution is 2.23. The van der Waals surface area contributed by atoms with Gasteiger partial charge in [0.25, 0.3) is 0 Å². The second-order valence-corrected chi connectivity index (χ2v) is 5.90. The summed E-state index contributed by atoms with van der Waals surface area (Å²) < 4.78 is 4.61. The van der Waals surface area contributed by atoms with Gasteiger partial charge < -0.3 is 15.2 Å². The maximum absolute atomic E-state index is 11.7. The number of ether oxygens (including phenoxy) is 1. The van der Waals surface area contributed by atoms with Crippen LogP contribution in [0.2, 0.25) is 0 Å². The molecule has 0 aromatic carbocycles. The largest absolute Gasteiger partial charge is 0.481 e. The second-order valence-electron chi connectivity index (χ2n) is 3.96. The molecular weight excluding hydrogens is 302 g/mol. The first-order valence-corrected chi connectivity index (χ1v) is 7.75. The third kappa shape index (κ3) is 4.86. The zero-order valence-corrected chi connectivity index (χ0v) is 12.7. The lowest BCUT2D eigenvalue weighted by Gasteiger charge is -2.07. The number of amides is 1. The van der Waals surface area contributed by atoms with E-state index < -0.39 is 17.9 Å². The summed E-state index contributed by atoms with van der Waals surface area (Å²) in [6, 6.07) is 1.62. The number of esters is 1. The van der Waals surface area contributed by atoms with Gasteiger partial charge in [0.05, 0.1) is 24.5 Å². The Balaban J connectivity index is 2.45. The predicted molar refractivity (Wildman–Crippen MR) is 78.4 cm³/mol. The van der Waals surface area contributed by atoms with Crippen molar-refractivity contribution in [1.82, 2.24) is 0 Å². The topological polar surface area (TPSA) is 92.7 Å². The van der Waals surface area contributed by atoms with Gasteiger partial charge in [-0.1, -0.05) is 6.92 Å².